The first-order valence-corrected chi connectivity index (χ1v) is 7.37. The van der Waals surface area contributed by atoms with Crippen LogP contribution >= 0.6 is 11.6 Å². The number of benzene rings is 1. The number of carbonyl (C=O) groups is 2. The fraction of sp³-hybridized carbons (Fsp3) is 0.500. The average Bonchev–Trinajstić information content (AvgIpc) is 2.42. The number of halogens is 1. The lowest BCUT2D eigenvalue weighted by Crippen LogP contribution is -2.50. The summed E-state index contributed by atoms with van der Waals surface area (Å²) in [6.07, 6.45) is 0. The van der Waals surface area contributed by atoms with Gasteiger partial charge in [-0.3, -0.25) is 9.59 Å². The second-order valence-electron chi connectivity index (χ2n) is 6.33. The summed E-state index contributed by atoms with van der Waals surface area (Å²) in [4.78, 5) is 23.6. The molecule has 6 heteroatoms. The van der Waals surface area contributed by atoms with Crippen molar-refractivity contribution in [1.29, 1.82) is 0 Å². The number of hydrogen-bond donors (Lipinski definition) is 2. The summed E-state index contributed by atoms with van der Waals surface area (Å²) in [5, 5.41) is 5.79. The molecule has 0 aliphatic carbocycles. The zero-order valence-corrected chi connectivity index (χ0v) is 14.4. The summed E-state index contributed by atoms with van der Waals surface area (Å²) < 4.78 is 5.50. The third-order valence-electron chi connectivity index (χ3n) is 3.17. The SMILES string of the molecule is COC(C)(CNC(=O)C(=O)NC(C)(C)C)c1cccc(Cl)c1. The number of hydrogen-bond acceptors (Lipinski definition) is 3. The quantitative estimate of drug-likeness (QED) is 0.834. The van der Waals surface area contributed by atoms with Gasteiger partial charge in [0, 0.05) is 17.7 Å². The molecule has 0 aliphatic heterocycles. The van der Waals surface area contributed by atoms with Gasteiger partial charge in [0.05, 0.1) is 6.54 Å². The number of carbonyl (C=O) groups excluding carboxylic acids is 2. The van der Waals surface area contributed by atoms with Gasteiger partial charge in [0.15, 0.2) is 0 Å². The minimum atomic E-state index is -0.775. The minimum Gasteiger partial charge on any atom is -0.372 e. The first-order chi connectivity index (χ1) is 10.1. The topological polar surface area (TPSA) is 67.4 Å². The van der Waals surface area contributed by atoms with Crippen molar-refractivity contribution in [2.45, 2.75) is 38.8 Å². The van der Waals surface area contributed by atoms with Gasteiger partial charge in [-0.1, -0.05) is 23.7 Å². The van der Waals surface area contributed by atoms with Crippen LogP contribution in [0, 0.1) is 0 Å². The van der Waals surface area contributed by atoms with E-state index < -0.39 is 23.0 Å². The average molecular weight is 327 g/mol. The van der Waals surface area contributed by atoms with Gasteiger partial charge in [-0.25, -0.2) is 0 Å². The summed E-state index contributed by atoms with van der Waals surface area (Å²) in [6.45, 7) is 7.40. The summed E-state index contributed by atoms with van der Waals surface area (Å²) in [6, 6.07) is 7.20. The molecular weight excluding hydrogens is 304 g/mol. The highest BCUT2D eigenvalue weighted by Crippen LogP contribution is 2.26. The van der Waals surface area contributed by atoms with E-state index in [2.05, 4.69) is 10.6 Å². The molecule has 0 aliphatic rings. The van der Waals surface area contributed by atoms with Gasteiger partial charge in [0.1, 0.15) is 5.60 Å². The van der Waals surface area contributed by atoms with E-state index in [-0.39, 0.29) is 6.54 Å². The molecule has 122 valence electrons. The number of rotatable bonds is 4. The molecule has 1 unspecified atom stereocenters. The Labute approximate surface area is 136 Å². The maximum Gasteiger partial charge on any atom is 0.309 e. The molecule has 0 fully saturated rings. The van der Waals surface area contributed by atoms with Crippen LogP contribution in [-0.4, -0.2) is 31.0 Å². The Morgan fingerprint density at radius 2 is 1.82 bits per heavy atom. The highest BCUT2D eigenvalue weighted by Gasteiger charge is 2.29. The Hall–Kier alpha value is -1.59. The van der Waals surface area contributed by atoms with E-state index in [0.29, 0.717) is 5.02 Å². The second-order valence-corrected chi connectivity index (χ2v) is 6.77. The zero-order valence-electron chi connectivity index (χ0n) is 13.6. The third kappa shape index (κ3) is 5.31. The first-order valence-electron chi connectivity index (χ1n) is 6.99. The lowest BCUT2D eigenvalue weighted by molar-refractivity contribution is -0.140. The number of ether oxygens (including phenoxy) is 1. The summed E-state index contributed by atoms with van der Waals surface area (Å²) in [5.41, 5.74) is -0.423. The van der Waals surface area contributed by atoms with Crippen molar-refractivity contribution in [3.63, 3.8) is 0 Å². The second kappa shape index (κ2) is 7.11. The predicted octanol–water partition coefficient (Wildman–Crippen LogP) is 2.23. The van der Waals surface area contributed by atoms with Crippen LogP contribution < -0.4 is 10.6 Å². The molecule has 0 heterocycles. The normalized spacial score (nSPS) is 14.1. The molecule has 1 aromatic carbocycles. The van der Waals surface area contributed by atoms with Gasteiger partial charge in [-0.15, -0.1) is 0 Å². The van der Waals surface area contributed by atoms with Gasteiger partial charge >= 0.3 is 11.8 Å². The standard InChI is InChI=1S/C16H23ClN2O3/c1-15(2,3)19-14(21)13(20)18-10-16(4,22-5)11-7-6-8-12(17)9-11/h6-9H,10H2,1-5H3,(H,18,20)(H,19,21). The molecule has 0 aromatic heterocycles. The number of methoxy groups -OCH3 is 1. The molecule has 5 nitrogen and oxygen atoms in total. The Morgan fingerprint density at radius 1 is 1.18 bits per heavy atom. The molecule has 0 bridgehead atoms. The number of nitrogens with one attached hydrogen (secondary N) is 2. The molecule has 1 aromatic rings. The lowest BCUT2D eigenvalue weighted by atomic mass is 9.95. The van der Waals surface area contributed by atoms with E-state index in [0.717, 1.165) is 5.56 Å². The van der Waals surface area contributed by atoms with Crippen LogP contribution in [0.3, 0.4) is 0 Å². The van der Waals surface area contributed by atoms with Gasteiger partial charge in [0.2, 0.25) is 0 Å². The fourth-order valence-corrected chi connectivity index (χ4v) is 2.03. The van der Waals surface area contributed by atoms with Crippen molar-refractivity contribution in [1.82, 2.24) is 10.6 Å². The summed E-state index contributed by atoms with van der Waals surface area (Å²) in [7, 11) is 1.54. The minimum absolute atomic E-state index is 0.153. The van der Waals surface area contributed by atoms with E-state index in [1.54, 1.807) is 19.2 Å². The van der Waals surface area contributed by atoms with Crippen LogP contribution in [0.4, 0.5) is 0 Å². The van der Waals surface area contributed by atoms with Crippen molar-refractivity contribution in [2.24, 2.45) is 0 Å². The van der Waals surface area contributed by atoms with E-state index >= 15 is 0 Å². The fourth-order valence-electron chi connectivity index (χ4n) is 1.84. The Bertz CT molecular complexity index is 555. The first kappa shape index (κ1) is 18.5. The van der Waals surface area contributed by atoms with Gasteiger partial charge < -0.3 is 15.4 Å². The Kier molecular flexibility index (Phi) is 5.97. The van der Waals surface area contributed by atoms with Gasteiger partial charge in [-0.05, 0) is 45.4 Å². The maximum absolute atomic E-state index is 11.9. The molecule has 0 saturated heterocycles. The van der Waals surface area contributed by atoms with E-state index in [4.69, 9.17) is 16.3 Å². The largest absolute Gasteiger partial charge is 0.372 e. The summed E-state index contributed by atoms with van der Waals surface area (Å²) in [5.74, 6) is -1.36. The molecule has 0 radical (unpaired) electrons. The lowest BCUT2D eigenvalue weighted by Gasteiger charge is -2.29. The molecule has 1 atom stereocenters. The Balaban J connectivity index is 2.75. The molecule has 0 spiro atoms. The smallest absolute Gasteiger partial charge is 0.309 e. The molecular formula is C16H23ClN2O3. The van der Waals surface area contributed by atoms with Crippen LogP contribution in [0.5, 0.6) is 0 Å². The highest BCUT2D eigenvalue weighted by atomic mass is 35.5. The summed E-state index contributed by atoms with van der Waals surface area (Å²) >= 11 is 5.99. The van der Waals surface area contributed by atoms with Crippen LogP contribution in [0.2, 0.25) is 5.02 Å². The predicted molar refractivity (Wildman–Crippen MR) is 86.7 cm³/mol. The van der Waals surface area contributed by atoms with E-state index in [1.807, 2.05) is 39.8 Å². The van der Waals surface area contributed by atoms with E-state index in [9.17, 15) is 9.59 Å². The van der Waals surface area contributed by atoms with Crippen LogP contribution in [0.25, 0.3) is 0 Å². The zero-order chi connectivity index (χ0) is 17.0. The molecule has 0 saturated carbocycles. The van der Waals surface area contributed by atoms with Crippen LogP contribution in [0.1, 0.15) is 33.3 Å². The Morgan fingerprint density at radius 3 is 2.32 bits per heavy atom. The van der Waals surface area contributed by atoms with Gasteiger partial charge in [-0.2, -0.15) is 0 Å². The third-order valence-corrected chi connectivity index (χ3v) is 3.40. The van der Waals surface area contributed by atoms with E-state index in [1.165, 1.54) is 0 Å². The van der Waals surface area contributed by atoms with Crippen molar-refractivity contribution < 1.29 is 14.3 Å². The molecule has 2 amide bonds. The van der Waals surface area contributed by atoms with Gasteiger partial charge in [0.25, 0.3) is 0 Å². The van der Waals surface area contributed by atoms with Crippen LogP contribution in [0.15, 0.2) is 24.3 Å². The highest BCUT2D eigenvalue weighted by molar-refractivity contribution is 6.35. The van der Waals surface area contributed by atoms with Crippen LogP contribution in [-0.2, 0) is 19.9 Å². The van der Waals surface area contributed by atoms with Crippen molar-refractivity contribution >= 4 is 23.4 Å². The monoisotopic (exact) mass is 326 g/mol. The number of amides is 2. The van der Waals surface area contributed by atoms with Crippen molar-refractivity contribution in [3.8, 4) is 0 Å². The van der Waals surface area contributed by atoms with Crippen molar-refractivity contribution in [2.75, 3.05) is 13.7 Å². The van der Waals surface area contributed by atoms with Crippen molar-refractivity contribution in [3.05, 3.63) is 34.9 Å². The molecule has 22 heavy (non-hydrogen) atoms. The molecule has 2 N–H and O–H groups in total. The molecule has 1 rings (SSSR count). The maximum atomic E-state index is 11.9.